The van der Waals surface area contributed by atoms with E-state index in [4.69, 9.17) is 0 Å². The number of H-pyrrole nitrogens is 1. The molecule has 1 aromatic heterocycles. The highest BCUT2D eigenvalue weighted by Crippen LogP contribution is 2.24. The highest BCUT2D eigenvalue weighted by atomic mass is 32.2. The molecule has 6 heteroatoms. The quantitative estimate of drug-likeness (QED) is 0.752. The van der Waals surface area contributed by atoms with Crippen molar-refractivity contribution in [2.75, 3.05) is 5.75 Å². The molecule has 5 nitrogen and oxygen atoms in total. The monoisotopic (exact) mass is 370 g/mol. The molecule has 1 aliphatic carbocycles. The Morgan fingerprint density at radius 3 is 2.92 bits per heavy atom. The van der Waals surface area contributed by atoms with E-state index in [0.29, 0.717) is 28.7 Å². The lowest BCUT2D eigenvalue weighted by molar-refractivity contribution is -0.119. The number of hydrogen-bond donors (Lipinski definition) is 2. The summed E-state index contributed by atoms with van der Waals surface area (Å²) >= 11 is 1.36. The lowest BCUT2D eigenvalue weighted by Crippen LogP contribution is -2.41. The zero-order valence-electron chi connectivity index (χ0n) is 15.4. The predicted octanol–water partition coefficient (Wildman–Crippen LogP) is 4.07. The first-order chi connectivity index (χ1) is 12.6. The number of benzene rings is 1. The summed E-state index contributed by atoms with van der Waals surface area (Å²) in [6.07, 6.45) is 8.70. The molecule has 1 saturated carbocycles. The van der Waals surface area contributed by atoms with Crippen molar-refractivity contribution in [2.45, 2.75) is 50.7 Å². The number of aromatic nitrogens is 3. The van der Waals surface area contributed by atoms with E-state index in [0.717, 1.165) is 12.0 Å². The molecule has 0 saturated heterocycles. The molecule has 0 radical (unpaired) electrons. The van der Waals surface area contributed by atoms with Crippen LogP contribution in [0.2, 0.25) is 0 Å². The minimum absolute atomic E-state index is 0.0653. The molecule has 1 amide bonds. The van der Waals surface area contributed by atoms with Gasteiger partial charge in [-0.1, -0.05) is 61.9 Å². The Kier molecular flexibility index (Phi) is 6.50. The molecular formula is C20H26N4OS. The number of hydrogen-bond acceptors (Lipinski definition) is 4. The van der Waals surface area contributed by atoms with Crippen molar-refractivity contribution in [3.8, 4) is 0 Å². The normalized spacial score (nSPS) is 20.4. The molecule has 1 aliphatic rings. The second-order valence-corrected chi connectivity index (χ2v) is 7.86. The first kappa shape index (κ1) is 18.7. The number of carbonyl (C=O) groups excluding carboxylic acids is 1. The van der Waals surface area contributed by atoms with Gasteiger partial charge in [-0.25, -0.2) is 4.98 Å². The maximum absolute atomic E-state index is 12.2. The van der Waals surface area contributed by atoms with Gasteiger partial charge < -0.3 is 5.32 Å². The van der Waals surface area contributed by atoms with Crippen molar-refractivity contribution >= 4 is 29.8 Å². The molecule has 2 unspecified atom stereocenters. The van der Waals surface area contributed by atoms with Gasteiger partial charge in [0.25, 0.3) is 0 Å². The third kappa shape index (κ3) is 5.21. The van der Waals surface area contributed by atoms with Gasteiger partial charge in [0.2, 0.25) is 11.1 Å². The molecular weight excluding hydrogens is 344 g/mol. The van der Waals surface area contributed by atoms with Gasteiger partial charge in [-0.2, -0.15) is 0 Å². The van der Waals surface area contributed by atoms with E-state index < -0.39 is 0 Å². The predicted molar refractivity (Wildman–Crippen MR) is 107 cm³/mol. The number of carbonyl (C=O) groups is 1. The Morgan fingerprint density at radius 2 is 2.12 bits per heavy atom. The highest BCUT2D eigenvalue weighted by molar-refractivity contribution is 7.99. The first-order valence-corrected chi connectivity index (χ1v) is 10.2. The average Bonchev–Trinajstić information content (AvgIpc) is 3.09. The van der Waals surface area contributed by atoms with Gasteiger partial charge in [-0.3, -0.25) is 9.89 Å². The van der Waals surface area contributed by atoms with Gasteiger partial charge in [0.1, 0.15) is 5.82 Å². The fourth-order valence-corrected chi connectivity index (χ4v) is 3.87. The van der Waals surface area contributed by atoms with Crippen LogP contribution in [0.4, 0.5) is 0 Å². The SMILES string of the molecule is Cc1ccccc1C=Cc1nc(SCC(=O)NC2CCCCC2C)n[nH]1. The Labute approximate surface area is 159 Å². The minimum atomic E-state index is 0.0653. The summed E-state index contributed by atoms with van der Waals surface area (Å²) in [7, 11) is 0. The van der Waals surface area contributed by atoms with Gasteiger partial charge >= 0.3 is 0 Å². The van der Waals surface area contributed by atoms with E-state index in [1.165, 1.54) is 36.6 Å². The number of amides is 1. The third-order valence-corrected chi connectivity index (χ3v) is 5.73. The molecule has 0 bridgehead atoms. The van der Waals surface area contributed by atoms with E-state index in [1.54, 1.807) is 0 Å². The van der Waals surface area contributed by atoms with Crippen molar-refractivity contribution in [3.63, 3.8) is 0 Å². The van der Waals surface area contributed by atoms with E-state index in [-0.39, 0.29) is 5.91 Å². The summed E-state index contributed by atoms with van der Waals surface area (Å²) in [5.41, 5.74) is 2.37. The van der Waals surface area contributed by atoms with Gasteiger partial charge in [0.05, 0.1) is 5.75 Å². The zero-order valence-corrected chi connectivity index (χ0v) is 16.2. The topological polar surface area (TPSA) is 70.7 Å². The van der Waals surface area contributed by atoms with Crippen LogP contribution in [0.25, 0.3) is 12.2 Å². The van der Waals surface area contributed by atoms with Crippen molar-refractivity contribution < 1.29 is 4.79 Å². The van der Waals surface area contributed by atoms with E-state index in [2.05, 4.69) is 46.5 Å². The molecule has 1 aromatic carbocycles. The average molecular weight is 371 g/mol. The molecule has 0 spiro atoms. The number of rotatable bonds is 6. The Morgan fingerprint density at radius 1 is 1.31 bits per heavy atom. The number of nitrogens with one attached hydrogen (secondary N) is 2. The van der Waals surface area contributed by atoms with Crippen molar-refractivity contribution in [2.24, 2.45) is 5.92 Å². The van der Waals surface area contributed by atoms with E-state index in [1.807, 2.05) is 24.3 Å². The zero-order chi connectivity index (χ0) is 18.4. The Balaban J connectivity index is 1.49. The fraction of sp³-hybridized carbons (Fsp3) is 0.450. The third-order valence-electron chi connectivity index (χ3n) is 4.88. The van der Waals surface area contributed by atoms with Gasteiger partial charge in [-0.15, -0.1) is 5.10 Å². The molecule has 1 heterocycles. The molecule has 2 atom stereocenters. The molecule has 1 fully saturated rings. The van der Waals surface area contributed by atoms with Crippen LogP contribution in [0.1, 0.15) is 49.6 Å². The van der Waals surface area contributed by atoms with Crippen LogP contribution in [0.3, 0.4) is 0 Å². The molecule has 3 rings (SSSR count). The summed E-state index contributed by atoms with van der Waals surface area (Å²) in [5, 5.41) is 10.8. The molecule has 138 valence electrons. The summed E-state index contributed by atoms with van der Waals surface area (Å²) in [5.74, 6) is 1.68. The molecule has 2 N–H and O–H groups in total. The first-order valence-electron chi connectivity index (χ1n) is 9.20. The van der Waals surface area contributed by atoms with Crippen LogP contribution in [0, 0.1) is 12.8 Å². The number of nitrogens with zero attached hydrogens (tertiary/aromatic N) is 2. The maximum atomic E-state index is 12.2. The standard InChI is InChI=1S/C20H26N4OS/c1-14-7-3-5-9-16(14)11-12-18-22-20(24-23-18)26-13-19(25)21-17-10-6-4-8-15(17)2/h3,5,7,9,11-12,15,17H,4,6,8,10,13H2,1-2H3,(H,21,25)(H,22,23,24). The summed E-state index contributed by atoms with van der Waals surface area (Å²) in [6, 6.07) is 8.49. The Hall–Kier alpha value is -2.08. The molecule has 0 aliphatic heterocycles. The van der Waals surface area contributed by atoms with Crippen LogP contribution >= 0.6 is 11.8 Å². The number of aromatic amines is 1. The lowest BCUT2D eigenvalue weighted by Gasteiger charge is -2.29. The second-order valence-electron chi connectivity index (χ2n) is 6.92. The minimum Gasteiger partial charge on any atom is -0.352 e. The van der Waals surface area contributed by atoms with Crippen LogP contribution in [-0.2, 0) is 4.79 Å². The van der Waals surface area contributed by atoms with E-state index >= 15 is 0 Å². The van der Waals surface area contributed by atoms with Crippen molar-refractivity contribution in [1.82, 2.24) is 20.5 Å². The fourth-order valence-electron chi connectivity index (χ4n) is 3.25. The maximum Gasteiger partial charge on any atom is 0.230 e. The van der Waals surface area contributed by atoms with Crippen molar-refractivity contribution in [1.29, 1.82) is 0 Å². The Bertz CT molecular complexity index is 771. The summed E-state index contributed by atoms with van der Waals surface area (Å²) in [6.45, 7) is 4.30. The summed E-state index contributed by atoms with van der Waals surface area (Å²) in [4.78, 5) is 16.6. The van der Waals surface area contributed by atoms with Gasteiger partial charge in [0.15, 0.2) is 0 Å². The highest BCUT2D eigenvalue weighted by Gasteiger charge is 2.22. The number of aryl methyl sites for hydroxylation is 1. The van der Waals surface area contributed by atoms with Crippen LogP contribution in [0.15, 0.2) is 29.4 Å². The van der Waals surface area contributed by atoms with Gasteiger partial charge in [-0.05, 0) is 42.9 Å². The largest absolute Gasteiger partial charge is 0.352 e. The summed E-state index contributed by atoms with van der Waals surface area (Å²) < 4.78 is 0. The second kappa shape index (κ2) is 9.03. The number of thioether (sulfide) groups is 1. The van der Waals surface area contributed by atoms with Crippen LogP contribution in [-0.4, -0.2) is 32.9 Å². The smallest absolute Gasteiger partial charge is 0.230 e. The molecule has 26 heavy (non-hydrogen) atoms. The van der Waals surface area contributed by atoms with Crippen LogP contribution in [0.5, 0.6) is 0 Å². The molecule has 2 aromatic rings. The van der Waals surface area contributed by atoms with Crippen LogP contribution < -0.4 is 5.32 Å². The van der Waals surface area contributed by atoms with E-state index in [9.17, 15) is 4.79 Å². The van der Waals surface area contributed by atoms with Crippen molar-refractivity contribution in [3.05, 3.63) is 41.2 Å². The van der Waals surface area contributed by atoms with Gasteiger partial charge in [0, 0.05) is 6.04 Å². The lowest BCUT2D eigenvalue weighted by atomic mass is 9.86.